The minimum atomic E-state index is -0.607. The number of carbonyl (C=O) groups is 1. The van der Waals surface area contributed by atoms with Gasteiger partial charge in [-0.15, -0.1) is 0 Å². The van der Waals surface area contributed by atoms with Gasteiger partial charge in [0, 0.05) is 37.9 Å². The van der Waals surface area contributed by atoms with Crippen LogP contribution in [0.1, 0.15) is 43.4 Å². The molecule has 2 aromatic carbocycles. The molecule has 1 saturated heterocycles. The Labute approximate surface area is 174 Å². The Hall–Kier alpha value is -3.09. The van der Waals surface area contributed by atoms with E-state index in [1.165, 1.54) is 12.1 Å². The summed E-state index contributed by atoms with van der Waals surface area (Å²) >= 11 is 0. The minimum absolute atomic E-state index is 0.0594. The molecular weight excluding hydrogens is 385 g/mol. The minimum Gasteiger partial charge on any atom is -0.466 e. The Morgan fingerprint density at radius 2 is 1.93 bits per heavy atom. The van der Waals surface area contributed by atoms with E-state index in [1.807, 2.05) is 25.1 Å². The maximum absolute atomic E-state index is 13.4. The van der Waals surface area contributed by atoms with Gasteiger partial charge in [-0.25, -0.2) is 14.2 Å². The van der Waals surface area contributed by atoms with E-state index in [2.05, 4.69) is 11.1 Å². The van der Waals surface area contributed by atoms with Crippen molar-refractivity contribution in [3.8, 4) is 5.75 Å². The van der Waals surface area contributed by atoms with E-state index in [0.717, 1.165) is 29.0 Å². The van der Waals surface area contributed by atoms with Crippen molar-refractivity contribution in [2.24, 2.45) is 5.10 Å². The number of likely N-dealkylation sites (tertiary alicyclic amines) is 1. The van der Waals surface area contributed by atoms with E-state index in [-0.39, 0.29) is 18.0 Å². The quantitative estimate of drug-likeness (QED) is 0.741. The second-order valence-electron chi connectivity index (χ2n) is 7.89. The predicted octanol–water partition coefficient (Wildman–Crippen LogP) is 4.32. The average molecular weight is 409 g/mol. The number of piperidine rings is 1. The number of para-hydroxylation sites is 1. The van der Waals surface area contributed by atoms with Crippen LogP contribution >= 0.6 is 0 Å². The fourth-order valence-corrected chi connectivity index (χ4v) is 4.63. The molecule has 3 heterocycles. The van der Waals surface area contributed by atoms with E-state index >= 15 is 0 Å². The predicted molar refractivity (Wildman–Crippen MR) is 110 cm³/mol. The maximum atomic E-state index is 13.4. The summed E-state index contributed by atoms with van der Waals surface area (Å²) in [7, 11) is 0. The Kier molecular flexibility index (Phi) is 4.60. The first-order chi connectivity index (χ1) is 14.6. The zero-order chi connectivity index (χ0) is 20.7. The van der Waals surface area contributed by atoms with Crippen LogP contribution < -0.4 is 4.74 Å². The monoisotopic (exact) mass is 409 g/mol. The molecule has 5 rings (SSSR count). The summed E-state index contributed by atoms with van der Waals surface area (Å²) < 4.78 is 25.1. The molecule has 1 amide bonds. The molecule has 0 N–H and O–H groups in total. The molecule has 0 saturated carbocycles. The standard InChI is InChI=1S/C23H24FN3O3/c1-2-29-22(28)26-13-11-23(12-14-26)27-20(18-5-3-4-6-21(18)30-23)15-19(25-27)16-7-9-17(24)10-8-16/h3-10,20H,2,11-15H2,1H3/t20-/m0/s1. The second-order valence-corrected chi connectivity index (χ2v) is 7.89. The summed E-state index contributed by atoms with van der Waals surface area (Å²) in [5.74, 6) is 0.616. The summed E-state index contributed by atoms with van der Waals surface area (Å²) in [6.07, 6.45) is 1.72. The number of benzene rings is 2. The van der Waals surface area contributed by atoms with E-state index in [0.29, 0.717) is 32.5 Å². The topological polar surface area (TPSA) is 54.4 Å². The first kappa shape index (κ1) is 18.9. The van der Waals surface area contributed by atoms with Gasteiger partial charge in [-0.2, -0.15) is 5.10 Å². The Balaban J connectivity index is 1.47. The van der Waals surface area contributed by atoms with Gasteiger partial charge >= 0.3 is 6.09 Å². The van der Waals surface area contributed by atoms with Crippen LogP contribution in [0.5, 0.6) is 5.75 Å². The molecule has 0 aliphatic carbocycles. The molecule has 0 unspecified atom stereocenters. The smallest absolute Gasteiger partial charge is 0.409 e. The zero-order valence-corrected chi connectivity index (χ0v) is 16.9. The molecule has 30 heavy (non-hydrogen) atoms. The van der Waals surface area contributed by atoms with Gasteiger partial charge in [0.05, 0.1) is 18.4 Å². The first-order valence-corrected chi connectivity index (χ1v) is 10.4. The van der Waals surface area contributed by atoms with Gasteiger partial charge in [-0.05, 0) is 30.7 Å². The Morgan fingerprint density at radius 3 is 2.67 bits per heavy atom. The van der Waals surface area contributed by atoms with Gasteiger partial charge in [0.2, 0.25) is 5.72 Å². The number of rotatable bonds is 2. The molecule has 3 aliphatic rings. The van der Waals surface area contributed by atoms with Crippen LogP contribution in [-0.2, 0) is 4.74 Å². The molecule has 1 atom stereocenters. The lowest BCUT2D eigenvalue weighted by atomic mass is 9.91. The molecule has 156 valence electrons. The molecule has 3 aliphatic heterocycles. The van der Waals surface area contributed by atoms with E-state index < -0.39 is 5.72 Å². The first-order valence-electron chi connectivity index (χ1n) is 10.4. The van der Waals surface area contributed by atoms with Crippen LogP contribution in [0.15, 0.2) is 53.6 Å². The normalized spacial score (nSPS) is 21.5. The number of carbonyl (C=O) groups excluding carboxylic acids is 1. The van der Waals surface area contributed by atoms with Crippen LogP contribution in [-0.4, -0.2) is 47.1 Å². The van der Waals surface area contributed by atoms with Crippen molar-refractivity contribution in [3.63, 3.8) is 0 Å². The van der Waals surface area contributed by atoms with Crippen molar-refractivity contribution in [2.45, 2.75) is 38.0 Å². The molecule has 6 nitrogen and oxygen atoms in total. The SMILES string of the molecule is CCOC(=O)N1CCC2(CC1)Oc1ccccc1[C@@H]1CC(c3ccc(F)cc3)=NN12. The molecule has 7 heteroatoms. The highest BCUT2D eigenvalue weighted by atomic mass is 19.1. The fraction of sp³-hybridized carbons (Fsp3) is 0.391. The van der Waals surface area contributed by atoms with Crippen molar-refractivity contribution in [1.82, 2.24) is 9.91 Å². The molecule has 0 radical (unpaired) electrons. The van der Waals surface area contributed by atoms with Gasteiger partial charge in [0.1, 0.15) is 11.6 Å². The van der Waals surface area contributed by atoms with Crippen LogP contribution in [0.4, 0.5) is 9.18 Å². The lowest BCUT2D eigenvalue weighted by molar-refractivity contribution is -0.147. The van der Waals surface area contributed by atoms with Crippen molar-refractivity contribution < 1.29 is 18.7 Å². The largest absolute Gasteiger partial charge is 0.466 e. The molecule has 1 spiro atoms. The Bertz CT molecular complexity index is 983. The highest BCUT2D eigenvalue weighted by molar-refractivity contribution is 6.02. The van der Waals surface area contributed by atoms with E-state index in [1.54, 1.807) is 17.0 Å². The highest BCUT2D eigenvalue weighted by Crippen LogP contribution is 2.49. The molecule has 2 aromatic rings. The van der Waals surface area contributed by atoms with Gasteiger partial charge in [-0.3, -0.25) is 0 Å². The molecule has 0 bridgehead atoms. The lowest BCUT2D eigenvalue weighted by Gasteiger charge is -2.50. The maximum Gasteiger partial charge on any atom is 0.409 e. The third-order valence-electron chi connectivity index (χ3n) is 6.15. The second kappa shape index (κ2) is 7.31. The fourth-order valence-electron chi connectivity index (χ4n) is 4.63. The molecular formula is C23H24FN3O3. The number of halogens is 1. The van der Waals surface area contributed by atoms with Gasteiger partial charge in [-0.1, -0.05) is 30.3 Å². The van der Waals surface area contributed by atoms with Crippen molar-refractivity contribution in [2.75, 3.05) is 19.7 Å². The number of amides is 1. The number of nitrogens with zero attached hydrogens (tertiary/aromatic N) is 3. The highest BCUT2D eigenvalue weighted by Gasteiger charge is 2.52. The van der Waals surface area contributed by atoms with Crippen LogP contribution in [0, 0.1) is 5.82 Å². The summed E-state index contributed by atoms with van der Waals surface area (Å²) in [4.78, 5) is 13.9. The number of hydrazone groups is 1. The summed E-state index contributed by atoms with van der Waals surface area (Å²) in [5, 5.41) is 7.04. The average Bonchev–Trinajstić information content (AvgIpc) is 3.22. The van der Waals surface area contributed by atoms with Crippen LogP contribution in [0.3, 0.4) is 0 Å². The van der Waals surface area contributed by atoms with Crippen molar-refractivity contribution in [1.29, 1.82) is 0 Å². The summed E-state index contributed by atoms with van der Waals surface area (Å²) in [6, 6.07) is 14.6. The third-order valence-corrected chi connectivity index (χ3v) is 6.15. The van der Waals surface area contributed by atoms with Crippen molar-refractivity contribution >= 4 is 11.8 Å². The summed E-state index contributed by atoms with van der Waals surface area (Å²) in [5.41, 5.74) is 2.34. The van der Waals surface area contributed by atoms with E-state index in [4.69, 9.17) is 14.6 Å². The van der Waals surface area contributed by atoms with Crippen LogP contribution in [0.2, 0.25) is 0 Å². The van der Waals surface area contributed by atoms with Gasteiger partial charge in [0.15, 0.2) is 0 Å². The zero-order valence-electron chi connectivity index (χ0n) is 16.9. The lowest BCUT2D eigenvalue weighted by Crippen LogP contribution is -2.59. The number of hydrogen-bond acceptors (Lipinski definition) is 5. The number of hydrogen-bond donors (Lipinski definition) is 0. The molecule has 0 aromatic heterocycles. The summed E-state index contributed by atoms with van der Waals surface area (Å²) in [6.45, 7) is 3.27. The Morgan fingerprint density at radius 1 is 1.20 bits per heavy atom. The van der Waals surface area contributed by atoms with Crippen LogP contribution in [0.25, 0.3) is 0 Å². The van der Waals surface area contributed by atoms with Gasteiger partial charge in [0.25, 0.3) is 0 Å². The van der Waals surface area contributed by atoms with Crippen molar-refractivity contribution in [3.05, 3.63) is 65.5 Å². The van der Waals surface area contributed by atoms with Gasteiger partial charge < -0.3 is 14.4 Å². The molecule has 1 fully saturated rings. The van der Waals surface area contributed by atoms with E-state index in [9.17, 15) is 9.18 Å². The number of fused-ring (bicyclic) bond motifs is 4. The number of ether oxygens (including phenoxy) is 2. The third kappa shape index (κ3) is 3.09.